The minimum absolute atomic E-state index is 0.503. The molecule has 24 heavy (non-hydrogen) atoms. The summed E-state index contributed by atoms with van der Waals surface area (Å²) in [7, 11) is 0. The standard InChI is InChI=1S/C18H16BrN3OS/c1-13-12-24-18(21-13)22-20-10-15-6-2-3-8-17(15)23-11-14-5-4-7-16(19)9-14/h2-10,12H,11H2,1H3,(H,21,22). The second kappa shape index (κ2) is 8.08. The number of benzene rings is 2. The molecule has 0 unspecified atom stereocenters. The number of aromatic nitrogens is 1. The Morgan fingerprint density at radius 3 is 2.92 bits per heavy atom. The SMILES string of the molecule is Cc1csc(NN=Cc2ccccc2OCc2cccc(Br)c2)n1. The van der Waals surface area contributed by atoms with Gasteiger partial charge in [-0.25, -0.2) is 4.98 Å². The van der Waals surface area contributed by atoms with Crippen LogP contribution in [0.25, 0.3) is 0 Å². The van der Waals surface area contributed by atoms with Gasteiger partial charge in [-0.05, 0) is 36.8 Å². The Balaban J connectivity index is 1.66. The lowest BCUT2D eigenvalue weighted by atomic mass is 10.2. The lowest BCUT2D eigenvalue weighted by Crippen LogP contribution is -1.99. The highest BCUT2D eigenvalue weighted by Crippen LogP contribution is 2.19. The largest absolute Gasteiger partial charge is 0.488 e. The Bertz CT molecular complexity index is 848. The van der Waals surface area contributed by atoms with Gasteiger partial charge >= 0.3 is 0 Å². The van der Waals surface area contributed by atoms with Crippen molar-refractivity contribution in [3.8, 4) is 5.75 Å². The summed E-state index contributed by atoms with van der Waals surface area (Å²) in [6, 6.07) is 15.9. The average molecular weight is 402 g/mol. The number of aryl methyl sites for hydroxylation is 1. The first-order chi connectivity index (χ1) is 11.7. The van der Waals surface area contributed by atoms with Gasteiger partial charge in [0, 0.05) is 15.4 Å². The first-order valence-electron chi connectivity index (χ1n) is 7.38. The molecule has 0 amide bonds. The van der Waals surface area contributed by atoms with E-state index in [1.54, 1.807) is 6.21 Å². The molecule has 0 fully saturated rings. The smallest absolute Gasteiger partial charge is 0.203 e. The maximum atomic E-state index is 5.93. The van der Waals surface area contributed by atoms with Crippen LogP contribution in [0, 0.1) is 6.92 Å². The third-order valence-corrected chi connectivity index (χ3v) is 4.54. The molecule has 0 spiro atoms. The molecule has 0 aliphatic rings. The summed E-state index contributed by atoms with van der Waals surface area (Å²) in [4.78, 5) is 4.31. The molecule has 0 radical (unpaired) electrons. The van der Waals surface area contributed by atoms with E-state index in [9.17, 15) is 0 Å². The number of nitrogens with one attached hydrogen (secondary N) is 1. The number of thiazole rings is 1. The van der Waals surface area contributed by atoms with Crippen LogP contribution in [-0.2, 0) is 6.61 Å². The van der Waals surface area contributed by atoms with Crippen LogP contribution in [0.15, 0.2) is 63.5 Å². The minimum Gasteiger partial charge on any atom is -0.488 e. The van der Waals surface area contributed by atoms with Gasteiger partial charge in [0.2, 0.25) is 5.13 Å². The Labute approximate surface area is 153 Å². The summed E-state index contributed by atoms with van der Waals surface area (Å²) in [6.45, 7) is 2.46. The molecule has 1 aromatic heterocycles. The van der Waals surface area contributed by atoms with E-state index < -0.39 is 0 Å². The Kier molecular flexibility index (Phi) is 5.61. The van der Waals surface area contributed by atoms with Crippen molar-refractivity contribution in [3.05, 3.63) is 75.2 Å². The maximum Gasteiger partial charge on any atom is 0.203 e. The van der Waals surface area contributed by atoms with E-state index in [-0.39, 0.29) is 0 Å². The predicted octanol–water partition coefficient (Wildman–Crippen LogP) is 5.24. The number of hydrazone groups is 1. The highest BCUT2D eigenvalue weighted by molar-refractivity contribution is 9.10. The number of rotatable bonds is 6. The van der Waals surface area contributed by atoms with Crippen LogP contribution < -0.4 is 10.2 Å². The molecule has 4 nitrogen and oxygen atoms in total. The lowest BCUT2D eigenvalue weighted by molar-refractivity contribution is 0.305. The molecule has 1 heterocycles. The van der Waals surface area contributed by atoms with Gasteiger partial charge in [0.05, 0.1) is 11.9 Å². The quantitative estimate of drug-likeness (QED) is 0.453. The van der Waals surface area contributed by atoms with Gasteiger partial charge < -0.3 is 4.74 Å². The van der Waals surface area contributed by atoms with Crippen molar-refractivity contribution in [2.75, 3.05) is 5.43 Å². The highest BCUT2D eigenvalue weighted by Gasteiger charge is 2.02. The van der Waals surface area contributed by atoms with Crippen LogP contribution in [0.1, 0.15) is 16.8 Å². The molecule has 0 bridgehead atoms. The Morgan fingerprint density at radius 1 is 1.25 bits per heavy atom. The molecule has 1 N–H and O–H groups in total. The van der Waals surface area contributed by atoms with Crippen molar-refractivity contribution in [1.29, 1.82) is 0 Å². The van der Waals surface area contributed by atoms with Gasteiger partial charge in [0.25, 0.3) is 0 Å². The molecule has 0 aliphatic heterocycles. The molecule has 0 aliphatic carbocycles. The fraction of sp³-hybridized carbons (Fsp3) is 0.111. The van der Waals surface area contributed by atoms with Gasteiger partial charge in [-0.2, -0.15) is 5.10 Å². The third-order valence-electron chi connectivity index (χ3n) is 3.19. The van der Waals surface area contributed by atoms with E-state index in [0.29, 0.717) is 6.61 Å². The van der Waals surface area contributed by atoms with Crippen LogP contribution in [0.4, 0.5) is 5.13 Å². The van der Waals surface area contributed by atoms with Crippen LogP contribution >= 0.6 is 27.3 Å². The fourth-order valence-electron chi connectivity index (χ4n) is 2.07. The Hall–Kier alpha value is -2.18. The number of nitrogens with zero attached hydrogens (tertiary/aromatic N) is 2. The van der Waals surface area contributed by atoms with Gasteiger partial charge in [0.1, 0.15) is 12.4 Å². The summed E-state index contributed by atoms with van der Waals surface area (Å²) in [5, 5.41) is 6.99. The van der Waals surface area contributed by atoms with Gasteiger partial charge in [0.15, 0.2) is 0 Å². The highest BCUT2D eigenvalue weighted by atomic mass is 79.9. The molecule has 6 heteroatoms. The molecule has 3 rings (SSSR count). The summed E-state index contributed by atoms with van der Waals surface area (Å²) >= 11 is 5.00. The van der Waals surface area contributed by atoms with Crippen LogP contribution in [-0.4, -0.2) is 11.2 Å². The van der Waals surface area contributed by atoms with Gasteiger partial charge in [-0.15, -0.1) is 11.3 Å². The summed E-state index contributed by atoms with van der Waals surface area (Å²) in [6.07, 6.45) is 1.74. The number of hydrogen-bond donors (Lipinski definition) is 1. The van der Waals surface area contributed by atoms with Crippen molar-refractivity contribution in [1.82, 2.24) is 4.98 Å². The van der Waals surface area contributed by atoms with E-state index in [2.05, 4.69) is 31.4 Å². The normalized spacial score (nSPS) is 10.9. The monoisotopic (exact) mass is 401 g/mol. The number of para-hydroxylation sites is 1. The van der Waals surface area contributed by atoms with Crippen LogP contribution in [0.5, 0.6) is 5.75 Å². The zero-order valence-electron chi connectivity index (χ0n) is 13.1. The molecule has 0 atom stereocenters. The molecule has 3 aromatic rings. The predicted molar refractivity (Wildman–Crippen MR) is 103 cm³/mol. The lowest BCUT2D eigenvalue weighted by Gasteiger charge is -2.09. The van der Waals surface area contributed by atoms with Gasteiger partial charge in [-0.3, -0.25) is 5.43 Å². The topological polar surface area (TPSA) is 46.5 Å². The minimum atomic E-state index is 0.503. The van der Waals surface area contributed by atoms with Crippen molar-refractivity contribution in [2.24, 2.45) is 5.10 Å². The van der Waals surface area contributed by atoms with Crippen molar-refractivity contribution >= 4 is 38.6 Å². The zero-order chi connectivity index (χ0) is 16.8. The molecule has 2 aromatic carbocycles. The zero-order valence-corrected chi connectivity index (χ0v) is 15.5. The van der Waals surface area contributed by atoms with E-state index >= 15 is 0 Å². The van der Waals surface area contributed by atoms with Crippen molar-refractivity contribution in [2.45, 2.75) is 13.5 Å². The number of halogens is 1. The summed E-state index contributed by atoms with van der Waals surface area (Å²) < 4.78 is 6.98. The fourth-order valence-corrected chi connectivity index (χ4v) is 3.15. The first-order valence-corrected chi connectivity index (χ1v) is 9.05. The molecular formula is C18H16BrN3OS. The van der Waals surface area contributed by atoms with Crippen LogP contribution in [0.3, 0.4) is 0 Å². The van der Waals surface area contributed by atoms with E-state index in [1.165, 1.54) is 11.3 Å². The number of anilines is 1. The molecule has 122 valence electrons. The van der Waals surface area contributed by atoms with E-state index in [1.807, 2.05) is 60.8 Å². The maximum absolute atomic E-state index is 5.93. The third kappa shape index (κ3) is 4.66. The van der Waals surface area contributed by atoms with Crippen molar-refractivity contribution < 1.29 is 4.74 Å². The molecule has 0 saturated carbocycles. The average Bonchev–Trinajstić information content (AvgIpc) is 2.99. The summed E-state index contributed by atoms with van der Waals surface area (Å²) in [5.41, 5.74) is 5.93. The second-order valence-corrected chi connectivity index (χ2v) is 6.89. The van der Waals surface area contributed by atoms with E-state index in [4.69, 9.17) is 4.74 Å². The summed E-state index contributed by atoms with van der Waals surface area (Å²) in [5.74, 6) is 0.790. The van der Waals surface area contributed by atoms with Gasteiger partial charge in [-0.1, -0.05) is 40.2 Å². The molecule has 0 saturated heterocycles. The first kappa shape index (κ1) is 16.7. The number of hydrogen-bond acceptors (Lipinski definition) is 5. The molecular weight excluding hydrogens is 386 g/mol. The second-order valence-electron chi connectivity index (χ2n) is 5.12. The van der Waals surface area contributed by atoms with Crippen molar-refractivity contribution in [3.63, 3.8) is 0 Å². The Morgan fingerprint density at radius 2 is 2.12 bits per heavy atom. The van der Waals surface area contributed by atoms with Crippen LogP contribution in [0.2, 0.25) is 0 Å². The van der Waals surface area contributed by atoms with E-state index in [0.717, 1.165) is 32.2 Å². The number of ether oxygens (including phenoxy) is 1.